The first-order valence-corrected chi connectivity index (χ1v) is 8.77. The van der Waals surface area contributed by atoms with Crippen LogP contribution in [0.3, 0.4) is 0 Å². The molecule has 0 aliphatic carbocycles. The summed E-state index contributed by atoms with van der Waals surface area (Å²) in [4.78, 5) is 17.6. The Hall–Kier alpha value is -2.29. The normalized spacial score (nSPS) is 12.6. The fourth-order valence-corrected chi connectivity index (χ4v) is 3.29. The molecule has 25 heavy (non-hydrogen) atoms. The number of anilines is 1. The van der Waals surface area contributed by atoms with E-state index in [9.17, 15) is 4.79 Å². The SMILES string of the molecule is COCc1nnc(NC(=O)CN(C)[C@H](C)c2cc3ccccc3[nH]2)s1. The summed E-state index contributed by atoms with van der Waals surface area (Å²) in [5.74, 6) is -0.120. The number of carbonyl (C=O) groups excluding carboxylic acids is 1. The Morgan fingerprint density at radius 3 is 2.96 bits per heavy atom. The van der Waals surface area contributed by atoms with Crippen LogP contribution in [0.4, 0.5) is 5.13 Å². The van der Waals surface area contributed by atoms with E-state index in [0.717, 1.165) is 16.2 Å². The molecule has 0 bridgehead atoms. The van der Waals surface area contributed by atoms with E-state index in [-0.39, 0.29) is 18.5 Å². The topological polar surface area (TPSA) is 83.1 Å². The number of H-pyrrole nitrogens is 1. The first-order chi connectivity index (χ1) is 12.1. The summed E-state index contributed by atoms with van der Waals surface area (Å²) >= 11 is 1.32. The molecule has 0 saturated carbocycles. The second kappa shape index (κ2) is 7.73. The van der Waals surface area contributed by atoms with Gasteiger partial charge in [-0.15, -0.1) is 10.2 Å². The Labute approximate surface area is 150 Å². The van der Waals surface area contributed by atoms with Crippen LogP contribution in [0.25, 0.3) is 10.9 Å². The molecule has 1 amide bonds. The van der Waals surface area contributed by atoms with Gasteiger partial charge in [0.15, 0.2) is 0 Å². The van der Waals surface area contributed by atoms with Gasteiger partial charge in [0.1, 0.15) is 11.6 Å². The number of fused-ring (bicyclic) bond motifs is 1. The number of nitrogens with zero attached hydrogens (tertiary/aromatic N) is 3. The lowest BCUT2D eigenvalue weighted by molar-refractivity contribution is -0.117. The van der Waals surface area contributed by atoms with Crippen LogP contribution < -0.4 is 5.32 Å². The van der Waals surface area contributed by atoms with Crippen LogP contribution in [0.15, 0.2) is 30.3 Å². The van der Waals surface area contributed by atoms with Gasteiger partial charge in [0, 0.05) is 24.4 Å². The minimum absolute atomic E-state index is 0.0802. The van der Waals surface area contributed by atoms with Crippen molar-refractivity contribution in [2.24, 2.45) is 0 Å². The minimum Gasteiger partial charge on any atom is -0.377 e. The number of para-hydroxylation sites is 1. The molecule has 2 N–H and O–H groups in total. The highest BCUT2D eigenvalue weighted by molar-refractivity contribution is 7.15. The molecule has 3 aromatic rings. The zero-order valence-corrected chi connectivity index (χ0v) is 15.3. The van der Waals surface area contributed by atoms with Crippen molar-refractivity contribution >= 4 is 33.3 Å². The highest BCUT2D eigenvalue weighted by atomic mass is 32.1. The van der Waals surface area contributed by atoms with Gasteiger partial charge in [-0.05, 0) is 31.5 Å². The maximum atomic E-state index is 12.2. The van der Waals surface area contributed by atoms with Gasteiger partial charge in [0.05, 0.1) is 6.54 Å². The van der Waals surface area contributed by atoms with Crippen LogP contribution in [-0.4, -0.2) is 46.7 Å². The van der Waals surface area contributed by atoms with E-state index in [4.69, 9.17) is 4.74 Å². The van der Waals surface area contributed by atoms with E-state index in [2.05, 4.69) is 39.6 Å². The largest absolute Gasteiger partial charge is 0.377 e. The van der Waals surface area contributed by atoms with E-state index in [0.29, 0.717) is 11.7 Å². The van der Waals surface area contributed by atoms with Gasteiger partial charge < -0.3 is 9.72 Å². The molecular formula is C17H21N5O2S. The quantitative estimate of drug-likeness (QED) is 0.678. The Morgan fingerprint density at radius 1 is 1.40 bits per heavy atom. The molecule has 0 radical (unpaired) electrons. The minimum atomic E-state index is -0.120. The molecule has 132 valence electrons. The molecule has 1 atom stereocenters. The summed E-state index contributed by atoms with van der Waals surface area (Å²) in [5, 5.41) is 13.1. The van der Waals surface area contributed by atoms with Gasteiger partial charge >= 0.3 is 0 Å². The number of hydrogen-bond donors (Lipinski definition) is 2. The third kappa shape index (κ3) is 4.22. The monoisotopic (exact) mass is 359 g/mol. The molecular weight excluding hydrogens is 338 g/mol. The highest BCUT2D eigenvalue weighted by Gasteiger charge is 2.17. The van der Waals surface area contributed by atoms with Crippen molar-refractivity contribution in [2.75, 3.05) is 26.0 Å². The fraction of sp³-hybridized carbons (Fsp3) is 0.353. The van der Waals surface area contributed by atoms with E-state index in [1.807, 2.05) is 30.1 Å². The first kappa shape index (κ1) is 17.5. The molecule has 3 rings (SSSR count). The van der Waals surface area contributed by atoms with Crippen LogP contribution in [0.5, 0.6) is 0 Å². The molecule has 0 saturated heterocycles. The lowest BCUT2D eigenvalue weighted by Gasteiger charge is -2.22. The molecule has 2 aromatic heterocycles. The van der Waals surface area contributed by atoms with Crippen LogP contribution in [-0.2, 0) is 16.1 Å². The fourth-order valence-electron chi connectivity index (χ4n) is 2.57. The predicted molar refractivity (Wildman–Crippen MR) is 98.6 cm³/mol. The zero-order valence-electron chi connectivity index (χ0n) is 14.4. The summed E-state index contributed by atoms with van der Waals surface area (Å²) in [6, 6.07) is 10.3. The number of hydrogen-bond acceptors (Lipinski definition) is 6. The van der Waals surface area contributed by atoms with Gasteiger partial charge in [-0.2, -0.15) is 0 Å². The molecule has 8 heteroatoms. The summed E-state index contributed by atoms with van der Waals surface area (Å²) < 4.78 is 5.00. The number of ether oxygens (including phenoxy) is 1. The standard InChI is InChI=1S/C17H21N5O2S/c1-11(14-8-12-6-4-5-7-13(12)18-14)22(2)9-15(23)19-17-21-20-16(25-17)10-24-3/h4-8,11,18H,9-10H2,1-3H3,(H,19,21,23)/t11-/m1/s1. The van der Waals surface area contributed by atoms with Gasteiger partial charge in [0.2, 0.25) is 11.0 Å². The van der Waals surface area contributed by atoms with E-state index in [1.54, 1.807) is 7.11 Å². The van der Waals surface area contributed by atoms with E-state index >= 15 is 0 Å². The van der Waals surface area contributed by atoms with Crippen molar-refractivity contribution in [3.63, 3.8) is 0 Å². The second-order valence-corrected chi connectivity index (χ2v) is 6.95. The molecule has 7 nitrogen and oxygen atoms in total. The second-order valence-electron chi connectivity index (χ2n) is 5.89. The maximum absolute atomic E-state index is 12.2. The van der Waals surface area contributed by atoms with Crippen molar-refractivity contribution in [3.8, 4) is 0 Å². The third-order valence-electron chi connectivity index (χ3n) is 4.04. The average Bonchev–Trinajstić information content (AvgIpc) is 3.20. The average molecular weight is 359 g/mol. The number of aromatic amines is 1. The molecule has 0 aliphatic heterocycles. The lowest BCUT2D eigenvalue weighted by atomic mass is 10.2. The lowest BCUT2D eigenvalue weighted by Crippen LogP contribution is -2.32. The van der Waals surface area contributed by atoms with Crippen LogP contribution in [0.1, 0.15) is 23.7 Å². The predicted octanol–water partition coefficient (Wildman–Crippen LogP) is 2.80. The van der Waals surface area contributed by atoms with Crippen LogP contribution in [0, 0.1) is 0 Å². The highest BCUT2D eigenvalue weighted by Crippen LogP contribution is 2.23. The van der Waals surface area contributed by atoms with Gasteiger partial charge in [0.25, 0.3) is 0 Å². The number of amides is 1. The Balaban J connectivity index is 1.60. The van der Waals surface area contributed by atoms with Crippen molar-refractivity contribution in [1.82, 2.24) is 20.1 Å². The molecule has 0 fully saturated rings. The van der Waals surface area contributed by atoms with Crippen molar-refractivity contribution < 1.29 is 9.53 Å². The number of rotatable bonds is 7. The number of benzene rings is 1. The molecule has 1 aromatic carbocycles. The Morgan fingerprint density at radius 2 is 2.20 bits per heavy atom. The van der Waals surface area contributed by atoms with E-state index < -0.39 is 0 Å². The maximum Gasteiger partial charge on any atom is 0.240 e. The number of aromatic nitrogens is 3. The first-order valence-electron chi connectivity index (χ1n) is 7.96. The molecule has 0 unspecified atom stereocenters. The molecule has 2 heterocycles. The van der Waals surface area contributed by atoms with Crippen molar-refractivity contribution in [3.05, 3.63) is 41.0 Å². The van der Waals surface area contributed by atoms with Gasteiger partial charge in [-0.3, -0.25) is 15.0 Å². The zero-order chi connectivity index (χ0) is 17.8. The number of nitrogens with one attached hydrogen (secondary N) is 2. The molecule has 0 aliphatic rings. The summed E-state index contributed by atoms with van der Waals surface area (Å²) in [5.41, 5.74) is 2.18. The Bertz CT molecular complexity index is 826. The summed E-state index contributed by atoms with van der Waals surface area (Å²) in [7, 11) is 3.52. The van der Waals surface area contributed by atoms with Gasteiger partial charge in [-0.1, -0.05) is 29.5 Å². The van der Waals surface area contributed by atoms with Gasteiger partial charge in [-0.25, -0.2) is 0 Å². The number of methoxy groups -OCH3 is 1. The summed E-state index contributed by atoms with van der Waals surface area (Å²) in [6.45, 7) is 2.72. The van der Waals surface area contributed by atoms with Crippen LogP contribution in [0.2, 0.25) is 0 Å². The number of likely N-dealkylation sites (N-methyl/N-ethyl adjacent to an activating group) is 1. The van der Waals surface area contributed by atoms with Crippen molar-refractivity contribution in [2.45, 2.75) is 19.6 Å². The molecule has 0 spiro atoms. The van der Waals surface area contributed by atoms with E-state index in [1.165, 1.54) is 16.7 Å². The number of carbonyl (C=O) groups is 1. The summed E-state index contributed by atoms with van der Waals surface area (Å²) in [6.07, 6.45) is 0. The van der Waals surface area contributed by atoms with Crippen molar-refractivity contribution in [1.29, 1.82) is 0 Å². The smallest absolute Gasteiger partial charge is 0.240 e. The van der Waals surface area contributed by atoms with Crippen LogP contribution >= 0.6 is 11.3 Å². The third-order valence-corrected chi connectivity index (χ3v) is 4.85. The Kier molecular flexibility index (Phi) is 5.42.